The Hall–Kier alpha value is -3.09. The molecule has 0 atom stereocenters. The molecule has 1 aliphatic carbocycles. The minimum Gasteiger partial charge on any atom is -0.497 e. The molecule has 3 rings (SSSR count). The van der Waals surface area contributed by atoms with Crippen LogP contribution in [0.1, 0.15) is 42.5 Å². The monoisotopic (exact) mass is 382 g/mol. The number of hydrogen-bond donors (Lipinski definition) is 2. The SMILES string of the molecule is COc1ccc(NC(=O)c2cnc(NCCC3=CCCCC3)nc2)c(OC)c1. The summed E-state index contributed by atoms with van der Waals surface area (Å²) in [5.41, 5.74) is 2.43. The molecule has 0 fully saturated rings. The maximum absolute atomic E-state index is 12.5. The van der Waals surface area contributed by atoms with Crippen LogP contribution in [-0.4, -0.2) is 36.6 Å². The molecule has 2 aromatic rings. The Bertz CT molecular complexity index is 834. The Morgan fingerprint density at radius 3 is 2.64 bits per heavy atom. The number of rotatable bonds is 8. The highest BCUT2D eigenvalue weighted by Crippen LogP contribution is 2.29. The van der Waals surface area contributed by atoms with Crippen LogP contribution < -0.4 is 20.1 Å². The second kappa shape index (κ2) is 9.73. The fraction of sp³-hybridized carbons (Fsp3) is 0.381. The summed E-state index contributed by atoms with van der Waals surface area (Å²) in [6.07, 6.45) is 11.3. The number of anilines is 2. The first kappa shape index (κ1) is 19.7. The zero-order chi connectivity index (χ0) is 19.8. The smallest absolute Gasteiger partial charge is 0.258 e. The number of benzene rings is 1. The summed E-state index contributed by atoms with van der Waals surface area (Å²) in [5, 5.41) is 6.02. The molecule has 1 heterocycles. The van der Waals surface area contributed by atoms with Crippen LogP contribution in [0.5, 0.6) is 11.5 Å². The van der Waals surface area contributed by atoms with Crippen LogP contribution >= 0.6 is 0 Å². The van der Waals surface area contributed by atoms with Gasteiger partial charge < -0.3 is 20.1 Å². The van der Waals surface area contributed by atoms with E-state index in [1.807, 2.05) is 0 Å². The third-order valence-corrected chi connectivity index (χ3v) is 4.69. The van der Waals surface area contributed by atoms with Gasteiger partial charge in [0.2, 0.25) is 5.95 Å². The van der Waals surface area contributed by atoms with Gasteiger partial charge >= 0.3 is 0 Å². The van der Waals surface area contributed by atoms with E-state index in [1.165, 1.54) is 50.8 Å². The maximum atomic E-state index is 12.5. The van der Waals surface area contributed by atoms with Crippen LogP contribution in [0, 0.1) is 0 Å². The van der Waals surface area contributed by atoms with Crippen LogP contribution in [0.4, 0.5) is 11.6 Å². The quantitative estimate of drug-likeness (QED) is 0.670. The number of nitrogens with one attached hydrogen (secondary N) is 2. The number of nitrogens with zero attached hydrogens (tertiary/aromatic N) is 2. The summed E-state index contributed by atoms with van der Waals surface area (Å²) in [5.74, 6) is 1.39. The molecular formula is C21H26N4O3. The third kappa shape index (κ3) is 5.22. The standard InChI is InChI=1S/C21H26N4O3/c1-27-17-8-9-18(19(12-17)28-2)25-20(26)16-13-23-21(24-14-16)22-11-10-15-6-4-3-5-7-15/h6,8-9,12-14H,3-5,7,10-11H2,1-2H3,(H,25,26)(H,22,23,24). The van der Waals surface area contributed by atoms with Gasteiger partial charge in [-0.25, -0.2) is 9.97 Å². The predicted octanol–water partition coefficient (Wildman–Crippen LogP) is 4.05. The van der Waals surface area contributed by atoms with E-state index in [0.717, 1.165) is 13.0 Å². The molecule has 1 amide bonds. The van der Waals surface area contributed by atoms with Crippen molar-refractivity contribution >= 4 is 17.5 Å². The van der Waals surface area contributed by atoms with E-state index in [-0.39, 0.29) is 5.91 Å². The van der Waals surface area contributed by atoms with E-state index in [1.54, 1.807) is 25.3 Å². The summed E-state index contributed by atoms with van der Waals surface area (Å²) in [6, 6.07) is 5.19. The van der Waals surface area contributed by atoms with Gasteiger partial charge in [0.25, 0.3) is 5.91 Å². The number of hydrogen-bond acceptors (Lipinski definition) is 6. The predicted molar refractivity (Wildman–Crippen MR) is 109 cm³/mol. The molecule has 0 unspecified atom stereocenters. The normalized spacial score (nSPS) is 13.4. The molecule has 0 saturated carbocycles. The highest BCUT2D eigenvalue weighted by atomic mass is 16.5. The van der Waals surface area contributed by atoms with E-state index < -0.39 is 0 Å². The topological polar surface area (TPSA) is 85.4 Å². The molecule has 0 radical (unpaired) electrons. The van der Waals surface area contributed by atoms with E-state index in [9.17, 15) is 4.79 Å². The lowest BCUT2D eigenvalue weighted by Crippen LogP contribution is -2.14. The van der Waals surface area contributed by atoms with Crippen molar-refractivity contribution in [3.63, 3.8) is 0 Å². The van der Waals surface area contributed by atoms with Crippen LogP contribution in [0.25, 0.3) is 0 Å². The van der Waals surface area contributed by atoms with Gasteiger partial charge in [-0.3, -0.25) is 4.79 Å². The van der Waals surface area contributed by atoms with Crippen LogP contribution in [-0.2, 0) is 0 Å². The fourth-order valence-corrected chi connectivity index (χ4v) is 3.10. The van der Waals surface area contributed by atoms with Crippen molar-refractivity contribution in [1.29, 1.82) is 0 Å². The van der Waals surface area contributed by atoms with E-state index in [0.29, 0.717) is 28.7 Å². The Labute approximate surface area is 165 Å². The number of carbonyl (C=O) groups is 1. The average Bonchev–Trinajstić information content (AvgIpc) is 2.75. The zero-order valence-corrected chi connectivity index (χ0v) is 16.3. The van der Waals surface area contributed by atoms with Crippen LogP contribution in [0.3, 0.4) is 0 Å². The van der Waals surface area contributed by atoms with Gasteiger partial charge in [0.1, 0.15) is 11.5 Å². The number of aromatic nitrogens is 2. The first-order valence-corrected chi connectivity index (χ1v) is 9.47. The van der Waals surface area contributed by atoms with Crippen molar-refractivity contribution in [2.75, 3.05) is 31.4 Å². The van der Waals surface area contributed by atoms with Gasteiger partial charge in [-0.05, 0) is 44.2 Å². The second-order valence-electron chi connectivity index (χ2n) is 6.60. The maximum Gasteiger partial charge on any atom is 0.258 e. The number of carbonyl (C=O) groups excluding carboxylic acids is 1. The van der Waals surface area contributed by atoms with Crippen molar-refractivity contribution < 1.29 is 14.3 Å². The fourth-order valence-electron chi connectivity index (χ4n) is 3.10. The molecule has 7 nitrogen and oxygen atoms in total. The van der Waals surface area contributed by atoms with Crippen molar-refractivity contribution in [3.8, 4) is 11.5 Å². The zero-order valence-electron chi connectivity index (χ0n) is 16.3. The molecule has 1 aromatic heterocycles. The summed E-state index contributed by atoms with van der Waals surface area (Å²) in [7, 11) is 3.11. The summed E-state index contributed by atoms with van der Waals surface area (Å²) in [4.78, 5) is 20.9. The van der Waals surface area contributed by atoms with Crippen molar-refractivity contribution in [2.45, 2.75) is 32.1 Å². The Morgan fingerprint density at radius 1 is 1.14 bits per heavy atom. The molecule has 28 heavy (non-hydrogen) atoms. The summed E-state index contributed by atoms with van der Waals surface area (Å²) < 4.78 is 10.5. The van der Waals surface area contributed by atoms with Crippen molar-refractivity contribution in [1.82, 2.24) is 9.97 Å². The second-order valence-corrected chi connectivity index (χ2v) is 6.60. The first-order valence-electron chi connectivity index (χ1n) is 9.47. The van der Waals surface area contributed by atoms with Crippen molar-refractivity contribution in [2.24, 2.45) is 0 Å². The van der Waals surface area contributed by atoms with E-state index in [4.69, 9.17) is 9.47 Å². The molecule has 148 valence electrons. The van der Waals surface area contributed by atoms with Crippen LogP contribution in [0.2, 0.25) is 0 Å². The van der Waals surface area contributed by atoms with Gasteiger partial charge in [-0.2, -0.15) is 0 Å². The Morgan fingerprint density at radius 2 is 1.96 bits per heavy atom. The molecule has 1 aromatic carbocycles. The highest BCUT2D eigenvalue weighted by Gasteiger charge is 2.12. The number of methoxy groups -OCH3 is 2. The number of amides is 1. The summed E-state index contributed by atoms with van der Waals surface area (Å²) >= 11 is 0. The van der Waals surface area contributed by atoms with Gasteiger partial charge in [-0.1, -0.05) is 11.6 Å². The van der Waals surface area contributed by atoms with Gasteiger partial charge in [0.05, 0.1) is 25.5 Å². The van der Waals surface area contributed by atoms with Gasteiger partial charge in [0, 0.05) is 25.0 Å². The molecule has 0 bridgehead atoms. The largest absolute Gasteiger partial charge is 0.497 e. The van der Waals surface area contributed by atoms with Gasteiger partial charge in [-0.15, -0.1) is 0 Å². The molecule has 0 saturated heterocycles. The summed E-state index contributed by atoms with van der Waals surface area (Å²) in [6.45, 7) is 0.792. The minimum absolute atomic E-state index is 0.303. The Balaban J connectivity index is 1.55. The molecule has 0 spiro atoms. The Kier molecular flexibility index (Phi) is 6.84. The van der Waals surface area contributed by atoms with Crippen LogP contribution in [0.15, 0.2) is 42.2 Å². The lowest BCUT2D eigenvalue weighted by atomic mass is 9.97. The first-order chi connectivity index (χ1) is 13.7. The molecule has 1 aliphatic rings. The number of ether oxygens (including phenoxy) is 2. The average molecular weight is 382 g/mol. The molecule has 0 aliphatic heterocycles. The van der Waals surface area contributed by atoms with E-state index >= 15 is 0 Å². The van der Waals surface area contributed by atoms with Crippen molar-refractivity contribution in [3.05, 3.63) is 47.8 Å². The van der Waals surface area contributed by atoms with E-state index in [2.05, 4.69) is 26.7 Å². The molecule has 7 heteroatoms. The molecule has 2 N–H and O–H groups in total. The minimum atomic E-state index is -0.303. The lowest BCUT2D eigenvalue weighted by molar-refractivity contribution is 0.102. The number of allylic oxidation sites excluding steroid dienone is 1. The highest BCUT2D eigenvalue weighted by molar-refractivity contribution is 6.04. The van der Waals surface area contributed by atoms with Gasteiger partial charge in [0.15, 0.2) is 0 Å². The molecular weight excluding hydrogens is 356 g/mol. The lowest BCUT2D eigenvalue weighted by Gasteiger charge is -2.13. The third-order valence-electron chi connectivity index (χ3n) is 4.69.